The van der Waals surface area contributed by atoms with Gasteiger partial charge in [-0.2, -0.15) is 0 Å². The Morgan fingerprint density at radius 2 is 1.63 bits per heavy atom. The van der Waals surface area contributed by atoms with Gasteiger partial charge in [0.05, 0.1) is 11.4 Å². The van der Waals surface area contributed by atoms with Gasteiger partial charge in [-0.25, -0.2) is 4.98 Å². The second kappa shape index (κ2) is 7.97. The normalized spacial score (nSPS) is 10.9. The molecule has 5 aromatic rings. The molecule has 0 aliphatic rings. The fourth-order valence-electron chi connectivity index (χ4n) is 3.45. The topological polar surface area (TPSA) is 43.6 Å². The monoisotopic (exact) mass is 410 g/mol. The zero-order chi connectivity index (χ0) is 20.3. The summed E-state index contributed by atoms with van der Waals surface area (Å²) in [4.78, 5) is 18.2. The van der Waals surface area contributed by atoms with E-state index in [9.17, 15) is 4.79 Å². The molecular weight excluding hydrogens is 392 g/mol. The van der Waals surface area contributed by atoms with Crippen LogP contribution in [0, 0.1) is 0 Å². The first-order valence-electron chi connectivity index (χ1n) is 9.62. The lowest BCUT2D eigenvalue weighted by atomic mass is 10.0. The zero-order valence-corrected chi connectivity index (χ0v) is 16.9. The van der Waals surface area contributed by atoms with E-state index in [-0.39, 0.29) is 12.4 Å². The van der Waals surface area contributed by atoms with Gasteiger partial charge in [-0.3, -0.25) is 9.20 Å². The first kappa shape index (κ1) is 18.3. The quantitative estimate of drug-likeness (QED) is 0.323. The summed E-state index contributed by atoms with van der Waals surface area (Å²) in [6.45, 7) is -0.00269. The van der Waals surface area contributed by atoms with Gasteiger partial charge in [-0.1, -0.05) is 72.8 Å². The number of fused-ring (bicyclic) bond motifs is 1. The van der Waals surface area contributed by atoms with E-state index in [1.54, 1.807) is 23.5 Å². The average Bonchev–Trinajstić information content (AvgIpc) is 3.40. The number of imidazole rings is 1. The zero-order valence-electron chi connectivity index (χ0n) is 16.1. The molecule has 0 saturated heterocycles. The van der Waals surface area contributed by atoms with E-state index in [0.29, 0.717) is 11.3 Å². The Bertz CT molecular complexity index is 1310. The second-order valence-corrected chi connectivity index (χ2v) is 7.71. The fraction of sp³-hybridized carbons (Fsp3) is 0.0400. The number of thiazole rings is 1. The standard InChI is InChI=1S/C25H18N2O2S/c28-22(18-8-3-1-4-9-18)17-29-21-13-7-12-20(16-21)23-24(19-10-5-2-6-11-19)27-14-15-30-25(27)26-23/h1-16H,17H2. The highest BCUT2D eigenvalue weighted by atomic mass is 32.1. The van der Waals surface area contributed by atoms with Crippen LogP contribution in [0.2, 0.25) is 0 Å². The number of ketones is 1. The molecule has 0 spiro atoms. The molecule has 0 fully saturated rings. The predicted molar refractivity (Wildman–Crippen MR) is 120 cm³/mol. The summed E-state index contributed by atoms with van der Waals surface area (Å²) in [5, 5.41) is 2.04. The molecule has 30 heavy (non-hydrogen) atoms. The van der Waals surface area contributed by atoms with Gasteiger partial charge in [0.2, 0.25) is 0 Å². The smallest absolute Gasteiger partial charge is 0.200 e. The van der Waals surface area contributed by atoms with Crippen molar-refractivity contribution in [3.63, 3.8) is 0 Å². The third-order valence-electron chi connectivity index (χ3n) is 4.88. The van der Waals surface area contributed by atoms with Crippen molar-refractivity contribution < 1.29 is 9.53 Å². The van der Waals surface area contributed by atoms with Crippen LogP contribution in [0.5, 0.6) is 5.75 Å². The van der Waals surface area contributed by atoms with E-state index in [2.05, 4.69) is 16.5 Å². The molecule has 0 saturated carbocycles. The molecule has 2 aromatic heterocycles. The van der Waals surface area contributed by atoms with Crippen LogP contribution in [0.4, 0.5) is 0 Å². The van der Waals surface area contributed by atoms with Crippen molar-refractivity contribution in [2.75, 3.05) is 6.61 Å². The molecular formula is C25H18N2O2S. The molecule has 0 N–H and O–H groups in total. The Morgan fingerprint density at radius 3 is 2.43 bits per heavy atom. The summed E-state index contributed by atoms with van der Waals surface area (Å²) in [5.74, 6) is 0.598. The highest BCUT2D eigenvalue weighted by molar-refractivity contribution is 7.15. The summed E-state index contributed by atoms with van der Waals surface area (Å²) in [7, 11) is 0. The van der Waals surface area contributed by atoms with Crippen LogP contribution in [-0.2, 0) is 0 Å². The lowest BCUT2D eigenvalue weighted by molar-refractivity contribution is 0.0921. The van der Waals surface area contributed by atoms with Crippen LogP contribution in [0.25, 0.3) is 27.5 Å². The molecule has 0 amide bonds. The summed E-state index contributed by atoms with van der Waals surface area (Å²) >= 11 is 1.60. The molecule has 0 aliphatic heterocycles. The van der Waals surface area contributed by atoms with E-state index in [0.717, 1.165) is 27.5 Å². The van der Waals surface area contributed by atoms with Crippen molar-refractivity contribution in [3.8, 4) is 28.3 Å². The van der Waals surface area contributed by atoms with Crippen LogP contribution in [-0.4, -0.2) is 21.8 Å². The Balaban J connectivity index is 1.47. The second-order valence-electron chi connectivity index (χ2n) is 6.84. The summed E-state index contributed by atoms with van der Waals surface area (Å²) in [6.07, 6.45) is 2.04. The molecule has 5 rings (SSSR count). The Kier molecular flexibility index (Phi) is 4.87. The highest BCUT2D eigenvalue weighted by Crippen LogP contribution is 2.35. The Labute approximate surface area is 178 Å². The third-order valence-corrected chi connectivity index (χ3v) is 5.64. The van der Waals surface area contributed by atoms with Crippen LogP contribution < -0.4 is 4.74 Å². The van der Waals surface area contributed by atoms with Crippen LogP contribution >= 0.6 is 11.3 Å². The number of hydrogen-bond acceptors (Lipinski definition) is 4. The van der Waals surface area contributed by atoms with E-state index >= 15 is 0 Å². The number of aromatic nitrogens is 2. The lowest BCUT2D eigenvalue weighted by Gasteiger charge is -2.09. The van der Waals surface area contributed by atoms with Crippen molar-refractivity contribution in [1.29, 1.82) is 0 Å². The van der Waals surface area contributed by atoms with E-state index in [4.69, 9.17) is 9.72 Å². The van der Waals surface area contributed by atoms with Crippen molar-refractivity contribution in [1.82, 2.24) is 9.38 Å². The van der Waals surface area contributed by atoms with Gasteiger partial charge in [-0.05, 0) is 12.1 Å². The van der Waals surface area contributed by atoms with E-state index < -0.39 is 0 Å². The van der Waals surface area contributed by atoms with E-state index in [1.807, 2.05) is 72.2 Å². The number of nitrogens with zero attached hydrogens (tertiary/aromatic N) is 2. The fourth-order valence-corrected chi connectivity index (χ4v) is 4.16. The van der Waals surface area contributed by atoms with Crippen LogP contribution in [0.15, 0.2) is 96.5 Å². The number of ether oxygens (including phenoxy) is 1. The van der Waals surface area contributed by atoms with Crippen molar-refractivity contribution >= 4 is 22.1 Å². The van der Waals surface area contributed by atoms with Gasteiger partial charge in [-0.15, -0.1) is 11.3 Å². The first-order valence-corrected chi connectivity index (χ1v) is 10.5. The number of hydrogen-bond donors (Lipinski definition) is 0. The molecule has 5 heteroatoms. The number of carbonyl (C=O) groups excluding carboxylic acids is 1. The molecule has 3 aromatic carbocycles. The van der Waals surface area contributed by atoms with Gasteiger partial charge >= 0.3 is 0 Å². The summed E-state index contributed by atoms with van der Waals surface area (Å²) < 4.78 is 7.92. The maximum Gasteiger partial charge on any atom is 0.200 e. The number of rotatable bonds is 6. The Hall–Kier alpha value is -3.70. The van der Waals surface area contributed by atoms with Crippen molar-refractivity contribution in [3.05, 3.63) is 102 Å². The number of Topliss-reactive ketones (excluding diaryl/α,β-unsaturated/α-hetero) is 1. The van der Waals surface area contributed by atoms with Gasteiger partial charge in [0.15, 0.2) is 17.4 Å². The van der Waals surface area contributed by atoms with Crippen LogP contribution in [0.3, 0.4) is 0 Å². The first-order chi connectivity index (χ1) is 14.8. The minimum Gasteiger partial charge on any atom is -0.485 e. The largest absolute Gasteiger partial charge is 0.485 e. The molecule has 0 unspecified atom stereocenters. The minimum atomic E-state index is -0.0477. The Morgan fingerprint density at radius 1 is 0.900 bits per heavy atom. The van der Waals surface area contributed by atoms with Gasteiger partial charge < -0.3 is 4.74 Å². The summed E-state index contributed by atoms with van der Waals surface area (Å²) in [6, 6.07) is 27.2. The molecule has 0 radical (unpaired) electrons. The number of benzene rings is 3. The van der Waals surface area contributed by atoms with E-state index in [1.165, 1.54) is 0 Å². The van der Waals surface area contributed by atoms with Gasteiger partial charge in [0.1, 0.15) is 5.75 Å². The van der Waals surface area contributed by atoms with Crippen LogP contribution in [0.1, 0.15) is 10.4 Å². The highest BCUT2D eigenvalue weighted by Gasteiger charge is 2.17. The molecule has 2 heterocycles. The SMILES string of the molecule is O=C(COc1cccc(-c2nc3sccn3c2-c2ccccc2)c1)c1ccccc1. The molecule has 0 aliphatic carbocycles. The maximum atomic E-state index is 12.4. The maximum absolute atomic E-state index is 12.4. The predicted octanol–water partition coefficient (Wildman–Crippen LogP) is 5.99. The van der Waals surface area contributed by atoms with Crippen molar-refractivity contribution in [2.45, 2.75) is 0 Å². The molecule has 0 bridgehead atoms. The van der Waals surface area contributed by atoms with Crippen molar-refractivity contribution in [2.24, 2.45) is 0 Å². The third kappa shape index (κ3) is 3.51. The number of carbonyl (C=O) groups is 1. The molecule has 0 atom stereocenters. The molecule has 146 valence electrons. The minimum absolute atomic E-state index is 0.00269. The summed E-state index contributed by atoms with van der Waals surface area (Å²) in [5.41, 5.74) is 4.64. The average molecular weight is 410 g/mol. The van der Waals surface area contributed by atoms with Gasteiger partial charge in [0.25, 0.3) is 0 Å². The lowest BCUT2D eigenvalue weighted by Crippen LogP contribution is -2.11. The molecule has 4 nitrogen and oxygen atoms in total. The van der Waals surface area contributed by atoms with Gasteiger partial charge in [0, 0.05) is 28.3 Å².